The minimum Gasteiger partial charge on any atom is -0.494 e. The van der Waals surface area contributed by atoms with Gasteiger partial charge in [0.1, 0.15) is 11.6 Å². The van der Waals surface area contributed by atoms with Crippen LogP contribution in [0, 0.1) is 25.5 Å². The van der Waals surface area contributed by atoms with Crippen LogP contribution in [0.3, 0.4) is 0 Å². The Balaban J connectivity index is 1.95. The molecular formula is C20H14F2N2O2. The lowest BCUT2D eigenvalue weighted by Gasteiger charge is -2.04. The maximum Gasteiger partial charge on any atom is 0.280 e. The Morgan fingerprint density at radius 3 is 2.15 bits per heavy atom. The van der Waals surface area contributed by atoms with E-state index >= 15 is 0 Å². The number of hydrogen-bond acceptors (Lipinski definition) is 2. The third-order valence-corrected chi connectivity index (χ3v) is 4.41. The van der Waals surface area contributed by atoms with Crippen LogP contribution in [0.2, 0.25) is 0 Å². The van der Waals surface area contributed by atoms with Crippen molar-refractivity contribution in [3.05, 3.63) is 75.8 Å². The molecule has 1 aliphatic heterocycles. The number of aryl methyl sites for hydroxylation is 2. The number of aliphatic imine (C=N–C) groups is 1. The van der Waals surface area contributed by atoms with Gasteiger partial charge < -0.3 is 10.1 Å². The molecule has 0 saturated heterocycles. The van der Waals surface area contributed by atoms with Crippen molar-refractivity contribution in [3.63, 3.8) is 0 Å². The minimum atomic E-state index is -0.650. The number of aromatic nitrogens is 1. The first-order valence-electron chi connectivity index (χ1n) is 7.98. The highest BCUT2D eigenvalue weighted by Gasteiger charge is 2.35. The Labute approximate surface area is 147 Å². The maximum atomic E-state index is 14.3. The standard InChI is InChI=1S/C20H14F2N2O2/c1-9-3-5-13(21)11(7-9)17-15-16(20(26)23-17)18(24-19(15)25)12-8-10(2)4-6-14(12)22/h3-8,23,26H,1-2H3. The summed E-state index contributed by atoms with van der Waals surface area (Å²) in [4.78, 5) is 19.1. The molecule has 4 rings (SSSR count). The smallest absolute Gasteiger partial charge is 0.280 e. The second-order valence-electron chi connectivity index (χ2n) is 6.33. The number of halogens is 2. The van der Waals surface area contributed by atoms with Gasteiger partial charge in [0, 0.05) is 11.1 Å². The molecule has 0 bridgehead atoms. The zero-order valence-electron chi connectivity index (χ0n) is 14.0. The summed E-state index contributed by atoms with van der Waals surface area (Å²) in [5.74, 6) is -2.09. The number of amides is 1. The van der Waals surface area contributed by atoms with Gasteiger partial charge in [0.2, 0.25) is 0 Å². The van der Waals surface area contributed by atoms with Crippen molar-refractivity contribution < 1.29 is 18.7 Å². The third-order valence-electron chi connectivity index (χ3n) is 4.41. The molecule has 0 spiro atoms. The van der Waals surface area contributed by atoms with Crippen molar-refractivity contribution in [2.24, 2.45) is 4.99 Å². The van der Waals surface area contributed by atoms with E-state index in [0.717, 1.165) is 11.1 Å². The van der Waals surface area contributed by atoms with E-state index in [1.165, 1.54) is 12.1 Å². The van der Waals surface area contributed by atoms with Gasteiger partial charge in [-0.2, -0.15) is 0 Å². The van der Waals surface area contributed by atoms with Crippen LogP contribution in [0.25, 0.3) is 11.3 Å². The summed E-state index contributed by atoms with van der Waals surface area (Å²) >= 11 is 0. The fourth-order valence-electron chi connectivity index (χ4n) is 3.19. The van der Waals surface area contributed by atoms with Gasteiger partial charge in [0.15, 0.2) is 5.88 Å². The number of carbonyl (C=O) groups is 1. The monoisotopic (exact) mass is 352 g/mol. The first kappa shape index (κ1) is 16.2. The van der Waals surface area contributed by atoms with Gasteiger partial charge in [-0.25, -0.2) is 13.8 Å². The van der Waals surface area contributed by atoms with Crippen LogP contribution < -0.4 is 0 Å². The molecule has 0 fully saturated rings. The number of rotatable bonds is 2. The molecule has 0 aliphatic carbocycles. The second kappa shape index (κ2) is 5.62. The zero-order chi connectivity index (χ0) is 18.6. The fourth-order valence-corrected chi connectivity index (χ4v) is 3.19. The summed E-state index contributed by atoms with van der Waals surface area (Å²) in [6, 6.07) is 8.89. The van der Waals surface area contributed by atoms with Crippen LogP contribution in [-0.4, -0.2) is 21.7 Å². The van der Waals surface area contributed by atoms with Gasteiger partial charge in [-0.15, -0.1) is 0 Å². The molecule has 0 saturated carbocycles. The predicted octanol–water partition coefficient (Wildman–Crippen LogP) is 4.27. The van der Waals surface area contributed by atoms with Gasteiger partial charge in [-0.05, 0) is 38.1 Å². The number of aromatic hydroxyl groups is 1. The highest BCUT2D eigenvalue weighted by molar-refractivity contribution is 6.30. The van der Waals surface area contributed by atoms with E-state index in [2.05, 4.69) is 9.98 Å². The number of nitrogens with one attached hydrogen (secondary N) is 1. The highest BCUT2D eigenvalue weighted by atomic mass is 19.1. The average molecular weight is 352 g/mol. The number of H-pyrrole nitrogens is 1. The van der Waals surface area contributed by atoms with Gasteiger partial charge in [0.05, 0.1) is 22.5 Å². The fraction of sp³-hybridized carbons (Fsp3) is 0.100. The molecule has 26 heavy (non-hydrogen) atoms. The van der Waals surface area contributed by atoms with Crippen LogP contribution in [0.5, 0.6) is 5.88 Å². The van der Waals surface area contributed by atoms with E-state index in [1.54, 1.807) is 38.1 Å². The van der Waals surface area contributed by atoms with Crippen molar-refractivity contribution >= 4 is 11.6 Å². The molecule has 0 atom stereocenters. The molecule has 0 unspecified atom stereocenters. The van der Waals surface area contributed by atoms with Crippen molar-refractivity contribution in [2.75, 3.05) is 0 Å². The summed E-state index contributed by atoms with van der Waals surface area (Å²) in [7, 11) is 0. The Morgan fingerprint density at radius 2 is 1.50 bits per heavy atom. The molecule has 0 radical (unpaired) electrons. The van der Waals surface area contributed by atoms with Crippen molar-refractivity contribution in [1.82, 2.24) is 4.98 Å². The Morgan fingerprint density at radius 1 is 0.923 bits per heavy atom. The number of aromatic amines is 1. The van der Waals surface area contributed by atoms with Crippen LogP contribution in [0.4, 0.5) is 8.78 Å². The number of nitrogens with zero attached hydrogens (tertiary/aromatic N) is 1. The first-order valence-corrected chi connectivity index (χ1v) is 7.98. The van der Waals surface area contributed by atoms with E-state index in [4.69, 9.17) is 0 Å². The molecule has 1 amide bonds. The van der Waals surface area contributed by atoms with E-state index in [-0.39, 0.29) is 39.5 Å². The molecular weight excluding hydrogens is 338 g/mol. The van der Waals surface area contributed by atoms with Crippen LogP contribution in [-0.2, 0) is 0 Å². The number of hydrogen-bond donors (Lipinski definition) is 2. The molecule has 4 nitrogen and oxygen atoms in total. The van der Waals surface area contributed by atoms with Gasteiger partial charge in [0.25, 0.3) is 5.91 Å². The minimum absolute atomic E-state index is 0.0410. The summed E-state index contributed by atoms with van der Waals surface area (Å²) in [5.41, 5.74) is 2.15. The van der Waals surface area contributed by atoms with Crippen molar-refractivity contribution in [1.29, 1.82) is 0 Å². The number of benzene rings is 2. The second-order valence-corrected chi connectivity index (χ2v) is 6.33. The van der Waals surface area contributed by atoms with Gasteiger partial charge >= 0.3 is 0 Å². The Kier molecular flexibility index (Phi) is 3.50. The lowest BCUT2D eigenvalue weighted by molar-refractivity contribution is 0.101. The zero-order valence-corrected chi connectivity index (χ0v) is 14.0. The van der Waals surface area contributed by atoms with Gasteiger partial charge in [-0.3, -0.25) is 4.79 Å². The van der Waals surface area contributed by atoms with Crippen LogP contribution >= 0.6 is 0 Å². The van der Waals surface area contributed by atoms with Gasteiger partial charge in [-0.1, -0.05) is 23.3 Å². The Bertz CT molecular complexity index is 1110. The maximum absolute atomic E-state index is 14.3. The highest BCUT2D eigenvalue weighted by Crippen LogP contribution is 2.39. The first-order chi connectivity index (χ1) is 12.4. The predicted molar refractivity (Wildman–Crippen MR) is 93.7 cm³/mol. The molecule has 3 aromatic rings. The van der Waals surface area contributed by atoms with Crippen LogP contribution in [0.15, 0.2) is 41.4 Å². The normalized spacial score (nSPS) is 13.1. The molecule has 2 aromatic carbocycles. The van der Waals surface area contributed by atoms with Crippen molar-refractivity contribution in [2.45, 2.75) is 13.8 Å². The van der Waals surface area contributed by atoms with E-state index in [0.29, 0.717) is 0 Å². The Hall–Kier alpha value is -3.28. The topological polar surface area (TPSA) is 65.5 Å². The van der Waals surface area contributed by atoms with E-state index < -0.39 is 17.5 Å². The summed E-state index contributed by atoms with van der Waals surface area (Å²) < 4.78 is 28.6. The summed E-state index contributed by atoms with van der Waals surface area (Å²) in [6.07, 6.45) is 0. The molecule has 6 heteroatoms. The molecule has 2 heterocycles. The SMILES string of the molecule is Cc1ccc(F)c(C2=NC(=O)c3c(-c4cc(C)ccc4F)[nH]c(O)c32)c1. The quantitative estimate of drug-likeness (QED) is 0.723. The van der Waals surface area contributed by atoms with E-state index in [1.807, 2.05) is 0 Å². The molecule has 1 aromatic heterocycles. The average Bonchev–Trinajstić information content (AvgIpc) is 3.11. The van der Waals surface area contributed by atoms with Crippen LogP contribution in [0.1, 0.15) is 32.6 Å². The summed E-state index contributed by atoms with van der Waals surface area (Å²) in [5, 5.41) is 10.3. The lowest BCUT2D eigenvalue weighted by atomic mass is 9.98. The molecule has 130 valence electrons. The molecule has 2 N–H and O–H groups in total. The van der Waals surface area contributed by atoms with E-state index in [9.17, 15) is 18.7 Å². The largest absolute Gasteiger partial charge is 0.494 e. The summed E-state index contributed by atoms with van der Waals surface area (Å²) in [6.45, 7) is 3.57. The third kappa shape index (κ3) is 2.34. The molecule has 1 aliphatic rings. The lowest BCUT2D eigenvalue weighted by Crippen LogP contribution is -2.03. The number of carbonyl (C=O) groups excluding carboxylic acids is 1. The number of fused-ring (bicyclic) bond motifs is 1. The van der Waals surface area contributed by atoms with Crippen molar-refractivity contribution in [3.8, 4) is 17.1 Å².